The fraction of sp³-hybridized carbons (Fsp3) is 0.500. The number of hydrogen-bond donors (Lipinski definition) is 1. The van der Waals surface area contributed by atoms with E-state index in [1.165, 1.54) is 25.0 Å². The van der Waals surface area contributed by atoms with Gasteiger partial charge in [-0.3, -0.25) is 4.90 Å². The van der Waals surface area contributed by atoms with Gasteiger partial charge in [0.15, 0.2) is 0 Å². The van der Waals surface area contributed by atoms with Crippen LogP contribution in [0, 0.1) is 11.2 Å². The first-order chi connectivity index (χ1) is 10.7. The van der Waals surface area contributed by atoms with Crippen LogP contribution in [0.3, 0.4) is 0 Å². The predicted octanol–water partition coefficient (Wildman–Crippen LogP) is 2.48. The quantitative estimate of drug-likeness (QED) is 0.931. The van der Waals surface area contributed by atoms with E-state index in [2.05, 4.69) is 20.4 Å². The fourth-order valence-corrected chi connectivity index (χ4v) is 3.53. The molecule has 0 radical (unpaired) electrons. The normalized spacial score (nSPS) is 24.2. The Morgan fingerprint density at radius 2 is 2.09 bits per heavy atom. The maximum Gasteiger partial charge on any atom is 0.241 e. The number of nitrogens with one attached hydrogen (secondary N) is 1. The van der Waals surface area contributed by atoms with E-state index in [4.69, 9.17) is 4.52 Å². The molecule has 2 aliphatic rings. The minimum absolute atomic E-state index is 0. The fourth-order valence-electron chi connectivity index (χ4n) is 3.53. The van der Waals surface area contributed by atoms with Crippen LogP contribution in [0.1, 0.15) is 18.7 Å². The molecule has 1 atom stereocenters. The zero-order chi connectivity index (χ0) is 15.0. The lowest BCUT2D eigenvalue weighted by Gasteiger charge is -2.21. The van der Waals surface area contributed by atoms with Gasteiger partial charge in [-0.25, -0.2) is 4.39 Å². The van der Waals surface area contributed by atoms with Gasteiger partial charge >= 0.3 is 0 Å². The molecule has 0 bridgehead atoms. The number of halogens is 2. The first-order valence-electron chi connectivity index (χ1n) is 7.74. The molecular weight excluding hydrogens is 319 g/mol. The van der Waals surface area contributed by atoms with Gasteiger partial charge in [0.25, 0.3) is 0 Å². The van der Waals surface area contributed by atoms with E-state index < -0.39 is 0 Å². The van der Waals surface area contributed by atoms with Gasteiger partial charge in [-0.05, 0) is 55.6 Å². The Labute approximate surface area is 140 Å². The summed E-state index contributed by atoms with van der Waals surface area (Å²) in [4.78, 5) is 6.82. The summed E-state index contributed by atoms with van der Waals surface area (Å²) in [6.45, 7) is 5.11. The number of likely N-dealkylation sites (tertiary alicyclic amines) is 1. The SMILES string of the molecule is Cl.Fc1ccc(-c2noc(CN3CCC4(CCNC4)C3)n2)cc1. The van der Waals surface area contributed by atoms with E-state index in [9.17, 15) is 4.39 Å². The van der Waals surface area contributed by atoms with Crippen LogP contribution in [0.15, 0.2) is 28.8 Å². The van der Waals surface area contributed by atoms with Crippen LogP contribution in [0.4, 0.5) is 4.39 Å². The molecule has 2 aliphatic heterocycles. The second-order valence-electron chi connectivity index (χ2n) is 6.41. The Morgan fingerprint density at radius 1 is 1.26 bits per heavy atom. The molecule has 0 saturated carbocycles. The number of rotatable bonds is 3. The Hall–Kier alpha value is -1.50. The summed E-state index contributed by atoms with van der Waals surface area (Å²) < 4.78 is 18.3. The van der Waals surface area contributed by atoms with Crippen molar-refractivity contribution in [3.63, 3.8) is 0 Å². The van der Waals surface area contributed by atoms with Gasteiger partial charge < -0.3 is 9.84 Å². The molecule has 7 heteroatoms. The molecule has 2 fully saturated rings. The molecule has 5 nitrogen and oxygen atoms in total. The van der Waals surface area contributed by atoms with E-state index in [0.29, 0.717) is 23.7 Å². The molecule has 3 heterocycles. The smallest absolute Gasteiger partial charge is 0.241 e. The molecule has 0 aliphatic carbocycles. The van der Waals surface area contributed by atoms with Crippen molar-refractivity contribution < 1.29 is 8.91 Å². The lowest BCUT2D eigenvalue weighted by Crippen LogP contribution is -2.29. The summed E-state index contributed by atoms with van der Waals surface area (Å²) in [6.07, 6.45) is 2.49. The second kappa shape index (κ2) is 6.55. The molecule has 2 saturated heterocycles. The van der Waals surface area contributed by atoms with Crippen LogP contribution < -0.4 is 5.32 Å². The van der Waals surface area contributed by atoms with Crippen LogP contribution in [0.25, 0.3) is 11.4 Å². The van der Waals surface area contributed by atoms with Crippen molar-refractivity contribution in [2.75, 3.05) is 26.2 Å². The van der Waals surface area contributed by atoms with E-state index in [0.717, 1.165) is 31.7 Å². The average molecular weight is 339 g/mol. The number of aromatic nitrogens is 2. The molecule has 1 spiro atoms. The van der Waals surface area contributed by atoms with Crippen LogP contribution in [-0.2, 0) is 6.54 Å². The third kappa shape index (κ3) is 3.39. The van der Waals surface area contributed by atoms with Crippen molar-refractivity contribution in [1.29, 1.82) is 0 Å². The van der Waals surface area contributed by atoms with Crippen LogP contribution in [-0.4, -0.2) is 41.2 Å². The highest BCUT2D eigenvalue weighted by molar-refractivity contribution is 5.85. The van der Waals surface area contributed by atoms with Crippen molar-refractivity contribution in [3.8, 4) is 11.4 Å². The highest BCUT2D eigenvalue weighted by atomic mass is 35.5. The van der Waals surface area contributed by atoms with Crippen LogP contribution in [0.5, 0.6) is 0 Å². The molecule has 1 unspecified atom stereocenters. The van der Waals surface area contributed by atoms with Crippen LogP contribution in [0.2, 0.25) is 0 Å². The summed E-state index contributed by atoms with van der Waals surface area (Å²) in [5, 5.41) is 7.46. The lowest BCUT2D eigenvalue weighted by molar-refractivity contribution is 0.236. The standard InChI is InChI=1S/C16H19FN4O.ClH/c17-13-3-1-12(2-4-13)15-19-14(22-20-15)9-21-8-6-16(11-21)5-7-18-10-16;/h1-4,18H,5-11H2;1H. The monoisotopic (exact) mass is 338 g/mol. The molecule has 2 aromatic rings. The van der Waals surface area contributed by atoms with E-state index in [1.807, 2.05) is 0 Å². The summed E-state index contributed by atoms with van der Waals surface area (Å²) in [6, 6.07) is 6.14. The van der Waals surface area contributed by atoms with Crippen molar-refractivity contribution in [2.45, 2.75) is 19.4 Å². The zero-order valence-corrected chi connectivity index (χ0v) is 13.6. The molecule has 0 amide bonds. The van der Waals surface area contributed by atoms with E-state index in [-0.39, 0.29) is 18.2 Å². The third-order valence-electron chi connectivity index (χ3n) is 4.78. The number of hydrogen-bond acceptors (Lipinski definition) is 5. The molecule has 4 rings (SSSR count). The zero-order valence-electron chi connectivity index (χ0n) is 12.8. The van der Waals surface area contributed by atoms with Gasteiger partial charge in [-0.1, -0.05) is 5.16 Å². The van der Waals surface area contributed by atoms with Gasteiger partial charge in [-0.15, -0.1) is 12.4 Å². The molecule has 1 N–H and O–H groups in total. The van der Waals surface area contributed by atoms with Crippen LogP contribution >= 0.6 is 12.4 Å². The van der Waals surface area contributed by atoms with Crippen molar-refractivity contribution >= 4 is 12.4 Å². The minimum atomic E-state index is -0.264. The molecule has 23 heavy (non-hydrogen) atoms. The third-order valence-corrected chi connectivity index (χ3v) is 4.78. The maximum atomic E-state index is 12.9. The van der Waals surface area contributed by atoms with E-state index in [1.54, 1.807) is 12.1 Å². The maximum absolute atomic E-state index is 12.9. The topological polar surface area (TPSA) is 54.2 Å². The molecule has 1 aromatic carbocycles. The number of benzene rings is 1. The lowest BCUT2D eigenvalue weighted by atomic mass is 9.87. The largest absolute Gasteiger partial charge is 0.338 e. The highest BCUT2D eigenvalue weighted by Gasteiger charge is 2.40. The van der Waals surface area contributed by atoms with Gasteiger partial charge in [-0.2, -0.15) is 4.98 Å². The Balaban J connectivity index is 0.00000156. The van der Waals surface area contributed by atoms with Crippen molar-refractivity contribution in [1.82, 2.24) is 20.4 Å². The second-order valence-corrected chi connectivity index (χ2v) is 6.41. The van der Waals surface area contributed by atoms with Gasteiger partial charge in [0.1, 0.15) is 5.82 Å². The first kappa shape index (κ1) is 16.4. The summed E-state index contributed by atoms with van der Waals surface area (Å²) in [5.74, 6) is 0.883. The predicted molar refractivity (Wildman–Crippen MR) is 86.8 cm³/mol. The van der Waals surface area contributed by atoms with E-state index >= 15 is 0 Å². The Bertz CT molecular complexity index is 654. The van der Waals surface area contributed by atoms with Crippen molar-refractivity contribution in [3.05, 3.63) is 36.0 Å². The first-order valence-corrected chi connectivity index (χ1v) is 7.74. The Morgan fingerprint density at radius 3 is 2.83 bits per heavy atom. The Kier molecular flexibility index (Phi) is 4.66. The molecule has 1 aromatic heterocycles. The summed E-state index contributed by atoms with van der Waals surface area (Å²) >= 11 is 0. The molecule has 124 valence electrons. The van der Waals surface area contributed by atoms with Gasteiger partial charge in [0.05, 0.1) is 6.54 Å². The minimum Gasteiger partial charge on any atom is -0.338 e. The molecular formula is C16H20ClFN4O. The number of nitrogens with zero attached hydrogens (tertiary/aromatic N) is 3. The summed E-state index contributed by atoms with van der Waals surface area (Å²) in [7, 11) is 0. The van der Waals surface area contributed by atoms with Gasteiger partial charge in [0, 0.05) is 18.7 Å². The van der Waals surface area contributed by atoms with Gasteiger partial charge in [0.2, 0.25) is 11.7 Å². The highest BCUT2D eigenvalue weighted by Crippen LogP contribution is 2.36. The summed E-state index contributed by atoms with van der Waals surface area (Å²) in [5.41, 5.74) is 1.22. The average Bonchev–Trinajstić information content (AvgIpc) is 3.24. The van der Waals surface area contributed by atoms with Crippen molar-refractivity contribution in [2.24, 2.45) is 5.41 Å².